The van der Waals surface area contributed by atoms with E-state index in [0.29, 0.717) is 20.6 Å². The van der Waals surface area contributed by atoms with E-state index in [1.54, 1.807) is 18.2 Å². The lowest BCUT2D eigenvalue weighted by atomic mass is 10.2. The van der Waals surface area contributed by atoms with E-state index in [9.17, 15) is 4.79 Å². The standard InChI is InChI=1S/C9H6INO3/c1-13-8(12)5-2-3-7-6(4-5)11-9(10)14-7/h2-4H,1H3. The summed E-state index contributed by atoms with van der Waals surface area (Å²) in [6, 6.07) is 5.00. The molecule has 4 nitrogen and oxygen atoms in total. The fraction of sp³-hybridized carbons (Fsp3) is 0.111. The minimum atomic E-state index is -0.370. The first kappa shape index (κ1) is 9.45. The second-order valence-corrected chi connectivity index (χ2v) is 3.56. The number of hydrogen-bond donors (Lipinski definition) is 0. The smallest absolute Gasteiger partial charge is 0.337 e. The van der Waals surface area contributed by atoms with Gasteiger partial charge in [0.25, 0.3) is 3.90 Å². The zero-order valence-electron chi connectivity index (χ0n) is 7.28. The van der Waals surface area contributed by atoms with E-state index in [0.717, 1.165) is 0 Å². The van der Waals surface area contributed by atoms with E-state index >= 15 is 0 Å². The highest BCUT2D eigenvalue weighted by atomic mass is 127. The molecule has 0 fully saturated rings. The van der Waals surface area contributed by atoms with Crippen LogP contribution in [-0.2, 0) is 4.74 Å². The molecular weight excluding hydrogens is 297 g/mol. The van der Waals surface area contributed by atoms with E-state index in [-0.39, 0.29) is 5.97 Å². The number of esters is 1. The molecule has 1 aromatic carbocycles. The Morgan fingerprint density at radius 3 is 3.07 bits per heavy atom. The second kappa shape index (κ2) is 3.56. The van der Waals surface area contributed by atoms with Crippen LogP contribution in [0.5, 0.6) is 0 Å². The first-order valence-electron chi connectivity index (χ1n) is 3.85. The fourth-order valence-electron chi connectivity index (χ4n) is 1.14. The maximum Gasteiger partial charge on any atom is 0.337 e. The van der Waals surface area contributed by atoms with Crippen LogP contribution >= 0.6 is 22.6 Å². The van der Waals surface area contributed by atoms with Crippen LogP contribution in [0, 0.1) is 3.90 Å². The number of methoxy groups -OCH3 is 1. The zero-order chi connectivity index (χ0) is 10.1. The quantitative estimate of drug-likeness (QED) is 0.599. The van der Waals surface area contributed by atoms with Gasteiger partial charge in [0.1, 0.15) is 5.52 Å². The molecule has 14 heavy (non-hydrogen) atoms. The molecule has 0 aliphatic carbocycles. The first-order chi connectivity index (χ1) is 6.70. The SMILES string of the molecule is COC(=O)c1ccc2oc(I)nc2c1. The number of aromatic nitrogens is 1. The Balaban J connectivity index is 2.55. The van der Waals surface area contributed by atoms with Gasteiger partial charge in [-0.25, -0.2) is 9.78 Å². The third-order valence-corrected chi connectivity index (χ3v) is 2.24. The summed E-state index contributed by atoms with van der Waals surface area (Å²) < 4.78 is 10.4. The highest BCUT2D eigenvalue weighted by molar-refractivity contribution is 14.1. The van der Waals surface area contributed by atoms with Crippen molar-refractivity contribution in [1.29, 1.82) is 0 Å². The van der Waals surface area contributed by atoms with Crippen LogP contribution in [0.4, 0.5) is 0 Å². The summed E-state index contributed by atoms with van der Waals surface area (Å²) in [7, 11) is 1.35. The number of benzene rings is 1. The molecule has 1 aromatic heterocycles. The lowest BCUT2D eigenvalue weighted by Gasteiger charge is -1.96. The maximum absolute atomic E-state index is 11.2. The van der Waals surface area contributed by atoms with Gasteiger partial charge in [-0.15, -0.1) is 0 Å². The van der Waals surface area contributed by atoms with Crippen molar-refractivity contribution >= 4 is 39.7 Å². The number of halogens is 1. The first-order valence-corrected chi connectivity index (χ1v) is 4.93. The molecule has 2 rings (SSSR count). The Morgan fingerprint density at radius 1 is 1.57 bits per heavy atom. The molecule has 0 aliphatic heterocycles. The van der Waals surface area contributed by atoms with Gasteiger partial charge in [0.2, 0.25) is 0 Å². The van der Waals surface area contributed by atoms with Gasteiger partial charge >= 0.3 is 5.97 Å². The van der Waals surface area contributed by atoms with Crippen LogP contribution in [-0.4, -0.2) is 18.1 Å². The maximum atomic E-state index is 11.2. The molecule has 0 spiro atoms. The van der Waals surface area contributed by atoms with Crippen molar-refractivity contribution in [2.75, 3.05) is 7.11 Å². The van der Waals surface area contributed by atoms with E-state index in [1.807, 2.05) is 22.6 Å². The van der Waals surface area contributed by atoms with E-state index in [1.165, 1.54) is 7.11 Å². The number of oxazole rings is 1. The molecule has 0 saturated carbocycles. The summed E-state index contributed by atoms with van der Waals surface area (Å²) in [6.07, 6.45) is 0. The molecule has 0 N–H and O–H groups in total. The van der Waals surface area contributed by atoms with Crippen LogP contribution < -0.4 is 0 Å². The molecular formula is C9H6INO3. The molecule has 0 saturated heterocycles. The van der Waals surface area contributed by atoms with Gasteiger partial charge in [-0.3, -0.25) is 0 Å². The van der Waals surface area contributed by atoms with Crippen LogP contribution in [0.3, 0.4) is 0 Å². The minimum absolute atomic E-state index is 0.370. The molecule has 5 heteroatoms. The topological polar surface area (TPSA) is 52.3 Å². The molecule has 0 amide bonds. The Hall–Kier alpha value is -1.11. The van der Waals surface area contributed by atoms with Gasteiger partial charge in [-0.05, 0) is 18.2 Å². The Bertz CT molecular complexity index is 492. The molecule has 0 radical (unpaired) electrons. The largest absolute Gasteiger partial charge is 0.465 e. The van der Waals surface area contributed by atoms with E-state index in [2.05, 4.69) is 9.72 Å². The highest BCUT2D eigenvalue weighted by Gasteiger charge is 2.09. The van der Waals surface area contributed by atoms with Crippen molar-refractivity contribution < 1.29 is 13.9 Å². The molecule has 0 atom stereocenters. The van der Waals surface area contributed by atoms with Crippen LogP contribution in [0.1, 0.15) is 10.4 Å². The normalized spacial score (nSPS) is 10.4. The molecule has 2 aromatic rings. The number of hydrogen-bond acceptors (Lipinski definition) is 4. The summed E-state index contributed by atoms with van der Waals surface area (Å²) in [5.41, 5.74) is 1.81. The average molecular weight is 303 g/mol. The lowest BCUT2D eigenvalue weighted by Crippen LogP contribution is -2.00. The van der Waals surface area contributed by atoms with Crippen molar-refractivity contribution in [2.45, 2.75) is 0 Å². The van der Waals surface area contributed by atoms with Crippen LogP contribution in [0.25, 0.3) is 11.1 Å². The van der Waals surface area contributed by atoms with Gasteiger partial charge in [0.05, 0.1) is 12.7 Å². The molecule has 0 unspecified atom stereocenters. The van der Waals surface area contributed by atoms with Crippen molar-refractivity contribution in [2.24, 2.45) is 0 Å². The number of rotatable bonds is 1. The predicted molar refractivity (Wildman–Crippen MR) is 58.1 cm³/mol. The van der Waals surface area contributed by atoms with Gasteiger partial charge in [0, 0.05) is 22.6 Å². The number of ether oxygens (including phenoxy) is 1. The molecule has 0 aliphatic rings. The number of carbonyl (C=O) groups is 1. The number of nitrogens with zero attached hydrogens (tertiary/aromatic N) is 1. The third-order valence-electron chi connectivity index (χ3n) is 1.78. The predicted octanol–water partition coefficient (Wildman–Crippen LogP) is 2.22. The monoisotopic (exact) mass is 303 g/mol. The summed E-state index contributed by atoms with van der Waals surface area (Å²) in [5.74, 6) is -0.370. The van der Waals surface area contributed by atoms with Crippen LogP contribution in [0.15, 0.2) is 22.6 Å². The van der Waals surface area contributed by atoms with E-state index in [4.69, 9.17) is 4.42 Å². The molecule has 1 heterocycles. The van der Waals surface area contributed by atoms with Crippen LogP contribution in [0.2, 0.25) is 0 Å². The van der Waals surface area contributed by atoms with Gasteiger partial charge in [0.15, 0.2) is 5.58 Å². The summed E-state index contributed by atoms with van der Waals surface area (Å²) in [6.45, 7) is 0. The Morgan fingerprint density at radius 2 is 2.36 bits per heavy atom. The lowest BCUT2D eigenvalue weighted by molar-refractivity contribution is 0.0601. The van der Waals surface area contributed by atoms with Crippen molar-refractivity contribution in [3.8, 4) is 0 Å². The number of carbonyl (C=O) groups excluding carboxylic acids is 1. The average Bonchev–Trinajstić information content (AvgIpc) is 2.55. The summed E-state index contributed by atoms with van der Waals surface area (Å²) in [5, 5.41) is 0. The molecule has 0 bridgehead atoms. The summed E-state index contributed by atoms with van der Waals surface area (Å²) >= 11 is 1.98. The van der Waals surface area contributed by atoms with Gasteiger partial charge in [-0.1, -0.05) is 0 Å². The van der Waals surface area contributed by atoms with E-state index < -0.39 is 0 Å². The zero-order valence-corrected chi connectivity index (χ0v) is 9.44. The Labute approximate surface area is 93.4 Å². The summed E-state index contributed by atoms with van der Waals surface area (Å²) in [4.78, 5) is 15.3. The van der Waals surface area contributed by atoms with Gasteiger partial charge < -0.3 is 9.15 Å². The fourth-order valence-corrected chi connectivity index (χ4v) is 1.64. The Kier molecular flexibility index (Phi) is 2.40. The van der Waals surface area contributed by atoms with Gasteiger partial charge in [-0.2, -0.15) is 0 Å². The second-order valence-electron chi connectivity index (χ2n) is 2.64. The highest BCUT2D eigenvalue weighted by Crippen LogP contribution is 2.18. The number of fused-ring (bicyclic) bond motifs is 1. The molecule has 72 valence electrons. The minimum Gasteiger partial charge on any atom is -0.465 e. The van der Waals surface area contributed by atoms with Crippen molar-refractivity contribution in [3.05, 3.63) is 27.7 Å². The van der Waals surface area contributed by atoms with Crippen molar-refractivity contribution in [3.63, 3.8) is 0 Å². The third kappa shape index (κ3) is 1.59. The van der Waals surface area contributed by atoms with Crippen molar-refractivity contribution in [1.82, 2.24) is 4.98 Å².